The maximum atomic E-state index is 13.9. The van der Waals surface area contributed by atoms with Crippen LogP contribution in [0.1, 0.15) is 5.56 Å². The molecule has 27 heavy (non-hydrogen) atoms. The summed E-state index contributed by atoms with van der Waals surface area (Å²) in [7, 11) is 3.00. The first-order valence-electron chi connectivity index (χ1n) is 8.64. The smallest absolute Gasteiger partial charge is 0.295 e. The second-order valence-corrected chi connectivity index (χ2v) is 6.31. The summed E-state index contributed by atoms with van der Waals surface area (Å²) in [5.74, 6) is 0.119. The van der Waals surface area contributed by atoms with Crippen molar-refractivity contribution in [3.8, 4) is 11.5 Å². The van der Waals surface area contributed by atoms with Crippen molar-refractivity contribution in [2.24, 2.45) is 0 Å². The number of rotatable bonds is 6. The van der Waals surface area contributed by atoms with Gasteiger partial charge in [0.1, 0.15) is 11.4 Å². The van der Waals surface area contributed by atoms with Crippen LogP contribution in [0, 0.1) is 15.9 Å². The Hall–Kier alpha value is -2.87. The third-order valence-corrected chi connectivity index (χ3v) is 4.75. The second kappa shape index (κ2) is 8.22. The Morgan fingerprint density at radius 2 is 1.74 bits per heavy atom. The zero-order chi connectivity index (χ0) is 19.4. The maximum Gasteiger partial charge on any atom is 0.295 e. The Morgan fingerprint density at radius 3 is 2.37 bits per heavy atom. The van der Waals surface area contributed by atoms with Gasteiger partial charge in [-0.15, -0.1) is 0 Å². The van der Waals surface area contributed by atoms with Gasteiger partial charge in [-0.1, -0.05) is 18.2 Å². The van der Waals surface area contributed by atoms with Crippen molar-refractivity contribution in [1.29, 1.82) is 0 Å². The van der Waals surface area contributed by atoms with Crippen molar-refractivity contribution in [3.63, 3.8) is 0 Å². The van der Waals surface area contributed by atoms with Crippen molar-refractivity contribution in [2.75, 3.05) is 45.3 Å². The van der Waals surface area contributed by atoms with E-state index in [0.717, 1.165) is 37.0 Å². The molecule has 0 spiro atoms. The third kappa shape index (κ3) is 4.11. The number of methoxy groups -OCH3 is 2. The van der Waals surface area contributed by atoms with E-state index in [1.54, 1.807) is 7.11 Å². The molecule has 0 radical (unpaired) electrons. The summed E-state index contributed by atoms with van der Waals surface area (Å²) in [4.78, 5) is 14.9. The number of nitro benzene ring substituents is 1. The van der Waals surface area contributed by atoms with Gasteiger partial charge < -0.3 is 14.4 Å². The first-order valence-corrected chi connectivity index (χ1v) is 8.64. The Morgan fingerprint density at radius 1 is 1.07 bits per heavy atom. The summed E-state index contributed by atoms with van der Waals surface area (Å²) < 4.78 is 24.2. The summed E-state index contributed by atoms with van der Waals surface area (Å²) in [6.07, 6.45) is 0. The topological polar surface area (TPSA) is 68.1 Å². The summed E-state index contributed by atoms with van der Waals surface area (Å²) in [5, 5.41) is 11.3. The van der Waals surface area contributed by atoms with Gasteiger partial charge in [0.15, 0.2) is 11.6 Å². The SMILES string of the molecule is COc1cc(N2CCN(Cc3ccccc3OC)CC2)c([N+](=O)[O-])cc1F. The van der Waals surface area contributed by atoms with Gasteiger partial charge in [0, 0.05) is 44.4 Å². The highest BCUT2D eigenvalue weighted by molar-refractivity contribution is 5.66. The molecule has 8 heteroatoms. The largest absolute Gasteiger partial charge is 0.496 e. The van der Waals surface area contributed by atoms with Crippen LogP contribution in [0.15, 0.2) is 36.4 Å². The van der Waals surface area contributed by atoms with Crippen molar-refractivity contribution in [1.82, 2.24) is 4.90 Å². The van der Waals surface area contributed by atoms with Crippen LogP contribution in [0.4, 0.5) is 15.8 Å². The number of benzene rings is 2. The Labute approximate surface area is 157 Å². The molecule has 1 aliphatic rings. The molecule has 7 nitrogen and oxygen atoms in total. The van der Waals surface area contributed by atoms with E-state index >= 15 is 0 Å². The van der Waals surface area contributed by atoms with Crippen LogP contribution in [0.3, 0.4) is 0 Å². The Bertz CT molecular complexity index is 823. The van der Waals surface area contributed by atoms with Gasteiger partial charge in [-0.05, 0) is 6.07 Å². The average Bonchev–Trinajstić information content (AvgIpc) is 2.69. The lowest BCUT2D eigenvalue weighted by Crippen LogP contribution is -2.46. The average molecular weight is 375 g/mol. The van der Waals surface area contributed by atoms with Crippen molar-refractivity contribution < 1.29 is 18.8 Å². The van der Waals surface area contributed by atoms with Gasteiger partial charge in [-0.2, -0.15) is 0 Å². The summed E-state index contributed by atoms with van der Waals surface area (Å²) in [6.45, 7) is 3.41. The van der Waals surface area contributed by atoms with Crippen LogP contribution in [0.5, 0.6) is 11.5 Å². The van der Waals surface area contributed by atoms with Crippen molar-refractivity contribution >= 4 is 11.4 Å². The molecule has 1 heterocycles. The highest BCUT2D eigenvalue weighted by atomic mass is 19.1. The predicted octanol–water partition coefficient (Wildman–Crippen LogP) is 3.07. The van der Waals surface area contributed by atoms with Gasteiger partial charge in [-0.25, -0.2) is 4.39 Å². The quantitative estimate of drug-likeness (QED) is 0.571. The molecule has 0 atom stereocenters. The number of nitrogens with zero attached hydrogens (tertiary/aromatic N) is 3. The lowest BCUT2D eigenvalue weighted by atomic mass is 10.1. The minimum absolute atomic E-state index is 0.00653. The van der Waals surface area contributed by atoms with Crippen LogP contribution in [0.25, 0.3) is 0 Å². The molecule has 0 amide bonds. The van der Waals surface area contributed by atoms with Crippen molar-refractivity contribution in [2.45, 2.75) is 6.54 Å². The molecule has 0 aromatic heterocycles. The summed E-state index contributed by atoms with van der Waals surface area (Å²) in [5.41, 5.74) is 1.24. The first kappa shape index (κ1) is 18.9. The molecule has 1 aliphatic heterocycles. The summed E-state index contributed by atoms with van der Waals surface area (Å²) >= 11 is 0. The van der Waals surface area contributed by atoms with E-state index in [1.165, 1.54) is 13.2 Å². The van der Waals surface area contributed by atoms with E-state index in [4.69, 9.17) is 9.47 Å². The van der Waals surface area contributed by atoms with Gasteiger partial charge in [0.25, 0.3) is 5.69 Å². The van der Waals surface area contributed by atoms with Crippen LogP contribution >= 0.6 is 0 Å². The highest BCUT2D eigenvalue weighted by Gasteiger charge is 2.26. The monoisotopic (exact) mass is 375 g/mol. The third-order valence-electron chi connectivity index (χ3n) is 4.75. The van der Waals surface area contributed by atoms with Gasteiger partial charge in [0.2, 0.25) is 0 Å². The highest BCUT2D eigenvalue weighted by Crippen LogP contribution is 2.35. The molecule has 0 saturated carbocycles. The lowest BCUT2D eigenvalue weighted by Gasteiger charge is -2.36. The Balaban J connectivity index is 1.73. The Kier molecular flexibility index (Phi) is 5.75. The molecule has 0 aliphatic carbocycles. The fourth-order valence-corrected chi connectivity index (χ4v) is 3.31. The molecular weight excluding hydrogens is 353 g/mol. The van der Waals surface area contributed by atoms with E-state index in [0.29, 0.717) is 18.8 Å². The number of halogens is 1. The van der Waals surface area contributed by atoms with E-state index in [2.05, 4.69) is 4.90 Å². The number of anilines is 1. The van der Waals surface area contributed by atoms with Gasteiger partial charge in [-0.3, -0.25) is 15.0 Å². The molecule has 1 fully saturated rings. The molecule has 144 valence electrons. The minimum Gasteiger partial charge on any atom is -0.496 e. The van der Waals surface area contributed by atoms with Gasteiger partial charge >= 0.3 is 0 Å². The van der Waals surface area contributed by atoms with E-state index in [-0.39, 0.29) is 11.4 Å². The van der Waals surface area contributed by atoms with Crippen LogP contribution in [-0.4, -0.2) is 50.2 Å². The number of hydrogen-bond acceptors (Lipinski definition) is 6. The number of nitro groups is 1. The second-order valence-electron chi connectivity index (χ2n) is 6.31. The zero-order valence-electron chi connectivity index (χ0n) is 15.4. The van der Waals surface area contributed by atoms with Crippen LogP contribution < -0.4 is 14.4 Å². The molecular formula is C19H22FN3O4. The summed E-state index contributed by atoms with van der Waals surface area (Å²) in [6, 6.07) is 10.2. The van der Waals surface area contributed by atoms with E-state index in [1.807, 2.05) is 29.2 Å². The zero-order valence-corrected chi connectivity index (χ0v) is 15.4. The standard InChI is InChI=1S/C19H22FN3O4/c1-26-18-6-4-3-5-14(18)13-21-7-9-22(10-8-21)16-12-19(27-2)15(20)11-17(16)23(24)25/h3-6,11-12H,7-10,13H2,1-2H3. The molecule has 3 rings (SSSR count). The van der Waals surface area contributed by atoms with Crippen LogP contribution in [0.2, 0.25) is 0 Å². The van der Waals surface area contributed by atoms with Gasteiger partial charge in [0.05, 0.1) is 25.2 Å². The fourth-order valence-electron chi connectivity index (χ4n) is 3.31. The molecule has 2 aromatic carbocycles. The molecule has 0 N–H and O–H groups in total. The minimum atomic E-state index is -0.734. The molecule has 0 unspecified atom stereocenters. The van der Waals surface area contributed by atoms with Crippen molar-refractivity contribution in [3.05, 3.63) is 57.9 Å². The number of ether oxygens (including phenoxy) is 2. The first-order chi connectivity index (χ1) is 13.0. The lowest BCUT2D eigenvalue weighted by molar-refractivity contribution is -0.384. The van der Waals surface area contributed by atoms with E-state index < -0.39 is 10.7 Å². The molecule has 2 aromatic rings. The normalized spacial score (nSPS) is 14.9. The molecule has 0 bridgehead atoms. The number of piperazine rings is 1. The predicted molar refractivity (Wildman–Crippen MR) is 100 cm³/mol. The molecule has 1 saturated heterocycles. The maximum absolute atomic E-state index is 13.9. The van der Waals surface area contributed by atoms with E-state index in [9.17, 15) is 14.5 Å². The number of para-hydroxylation sites is 1. The fraction of sp³-hybridized carbons (Fsp3) is 0.368. The number of hydrogen-bond donors (Lipinski definition) is 0. The van der Waals surface area contributed by atoms with Crippen LogP contribution in [-0.2, 0) is 6.54 Å².